The van der Waals surface area contributed by atoms with Gasteiger partial charge in [-0.3, -0.25) is 4.99 Å². The van der Waals surface area contributed by atoms with Crippen LogP contribution >= 0.6 is 0 Å². The van der Waals surface area contributed by atoms with Crippen molar-refractivity contribution in [1.82, 2.24) is 10.6 Å². The zero-order valence-corrected chi connectivity index (χ0v) is 15.7. The zero-order chi connectivity index (χ0) is 18.9. The van der Waals surface area contributed by atoms with Crippen molar-refractivity contribution in [1.29, 1.82) is 0 Å². The summed E-state index contributed by atoms with van der Waals surface area (Å²) in [4.78, 5) is 6.25. The molecule has 6 heteroatoms. The Kier molecular flexibility index (Phi) is 7.04. The fourth-order valence-corrected chi connectivity index (χ4v) is 3.10. The van der Waals surface area contributed by atoms with Crippen LogP contribution in [0.1, 0.15) is 11.1 Å². The summed E-state index contributed by atoms with van der Waals surface area (Å²) >= 11 is 0. The number of morpholine rings is 1. The highest BCUT2D eigenvalue weighted by Crippen LogP contribution is 2.21. The molecule has 0 aliphatic carbocycles. The molecule has 2 aromatic carbocycles. The van der Waals surface area contributed by atoms with Gasteiger partial charge in [-0.1, -0.05) is 36.4 Å². The third-order valence-electron chi connectivity index (χ3n) is 4.60. The first kappa shape index (κ1) is 19.2. The molecule has 1 aliphatic rings. The summed E-state index contributed by atoms with van der Waals surface area (Å²) < 4.78 is 19.8. The van der Waals surface area contributed by atoms with E-state index in [1.807, 2.05) is 35.2 Å². The van der Waals surface area contributed by atoms with Crippen molar-refractivity contribution in [3.05, 3.63) is 65.5 Å². The zero-order valence-electron chi connectivity index (χ0n) is 15.7. The molecule has 1 fully saturated rings. The maximum Gasteiger partial charge on any atom is 0.191 e. The monoisotopic (exact) mass is 370 g/mol. The maximum atomic E-state index is 14.5. The fraction of sp³-hybridized carbons (Fsp3) is 0.381. The first-order valence-electron chi connectivity index (χ1n) is 9.36. The molecule has 1 aliphatic heterocycles. The highest BCUT2D eigenvalue weighted by molar-refractivity contribution is 5.79. The number of benzene rings is 2. The van der Waals surface area contributed by atoms with E-state index in [-0.39, 0.29) is 5.82 Å². The number of nitrogens with zero attached hydrogens (tertiary/aromatic N) is 2. The standard InChI is InChI=1S/C21H27FN4O/c1-23-21(24-10-9-17-5-3-2-4-6-17)25-16-18-7-8-20(19(22)15-18)26-11-13-27-14-12-26/h2-8,15H,9-14,16H2,1H3,(H2,23,24,25). The number of anilines is 1. The van der Waals surface area contributed by atoms with Crippen LogP contribution in [0.5, 0.6) is 0 Å². The van der Waals surface area contributed by atoms with Gasteiger partial charge in [-0.2, -0.15) is 0 Å². The van der Waals surface area contributed by atoms with E-state index in [0.29, 0.717) is 31.4 Å². The molecule has 1 saturated heterocycles. The molecular weight excluding hydrogens is 343 g/mol. The molecule has 2 N–H and O–H groups in total. The summed E-state index contributed by atoms with van der Waals surface area (Å²) in [7, 11) is 1.74. The van der Waals surface area contributed by atoms with E-state index in [0.717, 1.165) is 31.6 Å². The molecule has 27 heavy (non-hydrogen) atoms. The largest absolute Gasteiger partial charge is 0.378 e. The lowest BCUT2D eigenvalue weighted by atomic mass is 10.1. The van der Waals surface area contributed by atoms with Crippen molar-refractivity contribution >= 4 is 11.6 Å². The van der Waals surface area contributed by atoms with E-state index in [1.165, 1.54) is 5.56 Å². The van der Waals surface area contributed by atoms with E-state index >= 15 is 0 Å². The van der Waals surface area contributed by atoms with Crippen LogP contribution in [-0.4, -0.2) is 45.9 Å². The van der Waals surface area contributed by atoms with Crippen molar-refractivity contribution < 1.29 is 9.13 Å². The Morgan fingerprint density at radius 1 is 1.07 bits per heavy atom. The van der Waals surface area contributed by atoms with Gasteiger partial charge in [0.2, 0.25) is 0 Å². The predicted molar refractivity (Wildman–Crippen MR) is 108 cm³/mol. The lowest BCUT2D eigenvalue weighted by Gasteiger charge is -2.29. The van der Waals surface area contributed by atoms with E-state index in [9.17, 15) is 4.39 Å². The van der Waals surface area contributed by atoms with E-state index < -0.39 is 0 Å². The van der Waals surface area contributed by atoms with Crippen LogP contribution in [0.25, 0.3) is 0 Å². The van der Waals surface area contributed by atoms with Crippen LogP contribution in [0, 0.1) is 5.82 Å². The van der Waals surface area contributed by atoms with Crippen LogP contribution in [0.2, 0.25) is 0 Å². The molecule has 144 valence electrons. The number of nitrogens with one attached hydrogen (secondary N) is 2. The number of guanidine groups is 1. The summed E-state index contributed by atoms with van der Waals surface area (Å²) in [5.41, 5.74) is 2.81. The lowest BCUT2D eigenvalue weighted by Crippen LogP contribution is -2.38. The SMILES string of the molecule is CN=C(NCCc1ccccc1)NCc1ccc(N2CCOCC2)c(F)c1. The van der Waals surface area contributed by atoms with E-state index in [1.54, 1.807) is 13.1 Å². The van der Waals surface area contributed by atoms with Gasteiger partial charge in [0, 0.05) is 33.2 Å². The van der Waals surface area contributed by atoms with Crippen molar-refractivity contribution in [2.45, 2.75) is 13.0 Å². The maximum absolute atomic E-state index is 14.5. The van der Waals surface area contributed by atoms with Gasteiger partial charge in [-0.15, -0.1) is 0 Å². The molecule has 0 atom stereocenters. The molecule has 0 radical (unpaired) electrons. The normalized spacial score (nSPS) is 14.9. The Labute approximate surface area is 160 Å². The topological polar surface area (TPSA) is 48.9 Å². The minimum Gasteiger partial charge on any atom is -0.378 e. The Bertz CT molecular complexity index is 745. The minimum absolute atomic E-state index is 0.191. The summed E-state index contributed by atoms with van der Waals surface area (Å²) in [6.07, 6.45) is 0.921. The first-order valence-corrected chi connectivity index (χ1v) is 9.36. The predicted octanol–water partition coefficient (Wildman–Crippen LogP) is 2.57. The van der Waals surface area contributed by atoms with Gasteiger partial charge in [0.15, 0.2) is 5.96 Å². The van der Waals surface area contributed by atoms with Gasteiger partial charge in [-0.25, -0.2) is 4.39 Å². The Balaban J connectivity index is 1.48. The summed E-state index contributed by atoms with van der Waals surface area (Å²) in [6.45, 7) is 4.06. The first-order chi connectivity index (χ1) is 13.3. The summed E-state index contributed by atoms with van der Waals surface area (Å²) in [6, 6.07) is 15.7. The van der Waals surface area contributed by atoms with Crippen molar-refractivity contribution in [2.24, 2.45) is 4.99 Å². The quantitative estimate of drug-likeness (QED) is 0.606. The second kappa shape index (κ2) is 9.92. The van der Waals surface area contributed by atoms with Crippen LogP contribution in [0.3, 0.4) is 0 Å². The molecule has 0 saturated carbocycles. The number of hydrogen-bond donors (Lipinski definition) is 2. The Morgan fingerprint density at radius 3 is 2.56 bits per heavy atom. The molecule has 2 aromatic rings. The third-order valence-corrected chi connectivity index (χ3v) is 4.60. The minimum atomic E-state index is -0.191. The number of hydrogen-bond acceptors (Lipinski definition) is 3. The van der Waals surface area contributed by atoms with E-state index in [2.05, 4.69) is 27.8 Å². The van der Waals surface area contributed by atoms with Crippen LogP contribution in [-0.2, 0) is 17.7 Å². The smallest absolute Gasteiger partial charge is 0.191 e. The van der Waals surface area contributed by atoms with Crippen LogP contribution in [0.4, 0.5) is 10.1 Å². The summed E-state index contributed by atoms with van der Waals surface area (Å²) in [5.74, 6) is 0.520. The molecular formula is C21H27FN4O. The van der Waals surface area contributed by atoms with Crippen LogP contribution < -0.4 is 15.5 Å². The van der Waals surface area contributed by atoms with Gasteiger partial charge in [-0.05, 0) is 29.7 Å². The van der Waals surface area contributed by atoms with Gasteiger partial charge in [0.1, 0.15) is 5.82 Å². The number of ether oxygens (including phenoxy) is 1. The Hall–Kier alpha value is -2.60. The fourth-order valence-electron chi connectivity index (χ4n) is 3.10. The average molecular weight is 370 g/mol. The molecule has 0 bridgehead atoms. The summed E-state index contributed by atoms with van der Waals surface area (Å²) in [5, 5.41) is 6.53. The molecule has 0 amide bonds. The number of rotatable bonds is 6. The Morgan fingerprint density at radius 2 is 1.85 bits per heavy atom. The highest BCUT2D eigenvalue weighted by atomic mass is 19.1. The molecule has 1 heterocycles. The molecule has 0 aromatic heterocycles. The molecule has 0 spiro atoms. The van der Waals surface area contributed by atoms with Gasteiger partial charge < -0.3 is 20.3 Å². The van der Waals surface area contributed by atoms with E-state index in [4.69, 9.17) is 4.74 Å². The number of halogens is 1. The second-order valence-electron chi connectivity index (χ2n) is 6.47. The van der Waals surface area contributed by atoms with Gasteiger partial charge in [0.25, 0.3) is 0 Å². The molecule has 5 nitrogen and oxygen atoms in total. The molecule has 3 rings (SSSR count). The van der Waals surface area contributed by atoms with Gasteiger partial charge >= 0.3 is 0 Å². The van der Waals surface area contributed by atoms with Gasteiger partial charge in [0.05, 0.1) is 18.9 Å². The average Bonchev–Trinajstić information content (AvgIpc) is 2.72. The number of aliphatic imine (C=N–C) groups is 1. The molecule has 0 unspecified atom stereocenters. The van der Waals surface area contributed by atoms with Crippen LogP contribution in [0.15, 0.2) is 53.5 Å². The third kappa shape index (κ3) is 5.69. The highest BCUT2D eigenvalue weighted by Gasteiger charge is 2.15. The van der Waals surface area contributed by atoms with Crippen molar-refractivity contribution in [3.8, 4) is 0 Å². The van der Waals surface area contributed by atoms with Crippen molar-refractivity contribution in [2.75, 3.05) is 44.8 Å². The second-order valence-corrected chi connectivity index (χ2v) is 6.47. The lowest BCUT2D eigenvalue weighted by molar-refractivity contribution is 0.122. The van der Waals surface area contributed by atoms with Crippen molar-refractivity contribution in [3.63, 3.8) is 0 Å².